The number of nitrogens with one attached hydrogen (secondary N) is 2. The summed E-state index contributed by atoms with van der Waals surface area (Å²) in [5.41, 5.74) is 0.635. The molecular weight excluding hydrogens is 356 g/mol. The van der Waals surface area contributed by atoms with Crippen molar-refractivity contribution < 1.29 is 24.6 Å². The largest absolute Gasteiger partial charge is 0.507 e. The van der Waals surface area contributed by atoms with E-state index in [9.17, 15) is 19.5 Å². The molecule has 136 valence electrons. The van der Waals surface area contributed by atoms with Gasteiger partial charge in [-0.3, -0.25) is 9.59 Å². The standard InChI is InChI=1S/C18H18N2O5S/c1-10(26-14-5-3-4-12(8-14)19-11(2)21)17(23)20-13-6-7-16(22)15(9-13)18(24)25/h3-10,22H,1-2H3,(H,19,21)(H,20,23)(H,24,25). The van der Waals surface area contributed by atoms with Gasteiger partial charge >= 0.3 is 5.97 Å². The normalized spacial score (nSPS) is 11.5. The quantitative estimate of drug-likeness (QED) is 0.456. The summed E-state index contributed by atoms with van der Waals surface area (Å²) in [6.45, 7) is 3.13. The lowest BCUT2D eigenvalue weighted by Crippen LogP contribution is -2.22. The first-order chi connectivity index (χ1) is 12.3. The zero-order valence-corrected chi connectivity index (χ0v) is 15.0. The van der Waals surface area contributed by atoms with Crippen LogP contribution in [0.15, 0.2) is 47.4 Å². The molecular formula is C18H18N2O5S. The predicted octanol–water partition coefficient (Wildman–Crippen LogP) is 3.17. The molecule has 2 rings (SSSR count). The van der Waals surface area contributed by atoms with Gasteiger partial charge in [-0.25, -0.2) is 4.79 Å². The molecule has 4 N–H and O–H groups in total. The summed E-state index contributed by atoms with van der Waals surface area (Å²) < 4.78 is 0. The van der Waals surface area contributed by atoms with E-state index in [-0.39, 0.29) is 28.8 Å². The van der Waals surface area contributed by atoms with Gasteiger partial charge in [0.1, 0.15) is 11.3 Å². The van der Waals surface area contributed by atoms with E-state index in [1.807, 2.05) is 6.07 Å². The monoisotopic (exact) mass is 374 g/mol. The van der Waals surface area contributed by atoms with Crippen LogP contribution >= 0.6 is 11.8 Å². The number of carboxylic acid groups (broad SMARTS) is 1. The van der Waals surface area contributed by atoms with Crippen molar-refractivity contribution in [1.82, 2.24) is 0 Å². The molecule has 0 aliphatic heterocycles. The Morgan fingerprint density at radius 3 is 2.38 bits per heavy atom. The van der Waals surface area contributed by atoms with Gasteiger partial charge < -0.3 is 20.8 Å². The Labute approximate surface area is 154 Å². The van der Waals surface area contributed by atoms with Crippen LogP contribution in [0.5, 0.6) is 5.75 Å². The average molecular weight is 374 g/mol. The van der Waals surface area contributed by atoms with Crippen LogP contribution in [0.4, 0.5) is 11.4 Å². The second kappa shape index (κ2) is 8.39. The molecule has 0 aliphatic rings. The third-order valence-electron chi connectivity index (χ3n) is 3.33. The summed E-state index contributed by atoms with van der Waals surface area (Å²) >= 11 is 1.30. The molecule has 1 atom stereocenters. The molecule has 0 heterocycles. The first-order valence-electron chi connectivity index (χ1n) is 7.67. The van der Waals surface area contributed by atoms with Gasteiger partial charge in [0.15, 0.2) is 0 Å². The number of rotatable bonds is 6. The van der Waals surface area contributed by atoms with Crippen LogP contribution in [-0.4, -0.2) is 33.2 Å². The SMILES string of the molecule is CC(=O)Nc1cccc(SC(C)C(=O)Nc2ccc(O)c(C(=O)O)c2)c1. The molecule has 0 saturated carbocycles. The zero-order chi connectivity index (χ0) is 19.3. The second-order valence-corrected chi connectivity index (χ2v) is 6.91. The molecule has 2 aromatic carbocycles. The Balaban J connectivity index is 2.05. The lowest BCUT2D eigenvalue weighted by Gasteiger charge is -2.13. The smallest absolute Gasteiger partial charge is 0.339 e. The van der Waals surface area contributed by atoms with Crippen molar-refractivity contribution in [2.24, 2.45) is 0 Å². The first-order valence-corrected chi connectivity index (χ1v) is 8.55. The van der Waals surface area contributed by atoms with Crippen molar-refractivity contribution in [2.45, 2.75) is 24.0 Å². The Kier molecular flexibility index (Phi) is 6.24. The number of thioether (sulfide) groups is 1. The summed E-state index contributed by atoms with van der Waals surface area (Å²) in [4.78, 5) is 35.3. The van der Waals surface area contributed by atoms with Crippen molar-refractivity contribution in [2.75, 3.05) is 10.6 Å². The fourth-order valence-corrected chi connectivity index (χ4v) is 3.06. The maximum absolute atomic E-state index is 12.3. The van der Waals surface area contributed by atoms with Gasteiger partial charge in [-0.1, -0.05) is 6.07 Å². The maximum Gasteiger partial charge on any atom is 0.339 e. The fourth-order valence-electron chi connectivity index (χ4n) is 2.14. The van der Waals surface area contributed by atoms with Gasteiger partial charge in [-0.05, 0) is 43.3 Å². The highest BCUT2D eigenvalue weighted by Crippen LogP contribution is 2.27. The molecule has 1 unspecified atom stereocenters. The molecule has 0 spiro atoms. The molecule has 0 saturated heterocycles. The van der Waals surface area contributed by atoms with Crippen molar-refractivity contribution in [1.29, 1.82) is 0 Å². The Morgan fingerprint density at radius 2 is 1.73 bits per heavy atom. The van der Waals surface area contributed by atoms with E-state index in [2.05, 4.69) is 10.6 Å². The Bertz CT molecular complexity index is 853. The summed E-state index contributed by atoms with van der Waals surface area (Å²) in [6.07, 6.45) is 0. The number of anilines is 2. The number of carbonyl (C=O) groups is 3. The highest BCUT2D eigenvalue weighted by atomic mass is 32.2. The molecule has 2 aromatic rings. The number of carboxylic acids is 1. The Hall–Kier alpha value is -3.00. The number of benzene rings is 2. The van der Waals surface area contributed by atoms with E-state index >= 15 is 0 Å². The molecule has 8 heteroatoms. The Morgan fingerprint density at radius 1 is 1.04 bits per heavy atom. The molecule has 0 radical (unpaired) electrons. The minimum atomic E-state index is -1.28. The molecule has 7 nitrogen and oxygen atoms in total. The topological polar surface area (TPSA) is 116 Å². The van der Waals surface area contributed by atoms with Gasteiger partial charge in [0.2, 0.25) is 11.8 Å². The lowest BCUT2D eigenvalue weighted by atomic mass is 10.2. The minimum Gasteiger partial charge on any atom is -0.507 e. The third kappa shape index (κ3) is 5.25. The van der Waals surface area contributed by atoms with E-state index in [0.717, 1.165) is 4.90 Å². The van der Waals surface area contributed by atoms with Gasteiger partial charge in [0, 0.05) is 23.2 Å². The van der Waals surface area contributed by atoms with Crippen molar-refractivity contribution in [3.63, 3.8) is 0 Å². The number of aromatic carboxylic acids is 1. The van der Waals surface area contributed by atoms with Gasteiger partial charge in [0.05, 0.1) is 5.25 Å². The van der Waals surface area contributed by atoms with Gasteiger partial charge in [0.25, 0.3) is 0 Å². The van der Waals surface area contributed by atoms with E-state index in [1.165, 1.54) is 36.9 Å². The first kappa shape index (κ1) is 19.3. The number of phenols is 1. The van der Waals surface area contributed by atoms with Gasteiger partial charge in [-0.15, -0.1) is 11.8 Å². The number of hydrogen-bond acceptors (Lipinski definition) is 5. The second-order valence-electron chi connectivity index (χ2n) is 5.50. The van der Waals surface area contributed by atoms with Crippen LogP contribution in [0.3, 0.4) is 0 Å². The van der Waals surface area contributed by atoms with Crippen LogP contribution < -0.4 is 10.6 Å². The predicted molar refractivity (Wildman–Crippen MR) is 99.8 cm³/mol. The number of amides is 2. The van der Waals surface area contributed by atoms with Crippen molar-refractivity contribution in [3.8, 4) is 5.75 Å². The van der Waals surface area contributed by atoms with Crippen LogP contribution in [0.25, 0.3) is 0 Å². The minimum absolute atomic E-state index is 0.181. The summed E-state index contributed by atoms with van der Waals surface area (Å²) in [7, 11) is 0. The molecule has 0 bridgehead atoms. The molecule has 0 fully saturated rings. The van der Waals surface area contributed by atoms with Gasteiger partial charge in [-0.2, -0.15) is 0 Å². The maximum atomic E-state index is 12.3. The lowest BCUT2D eigenvalue weighted by molar-refractivity contribution is -0.115. The van der Waals surface area contributed by atoms with Crippen LogP contribution in [0.2, 0.25) is 0 Å². The fraction of sp³-hybridized carbons (Fsp3) is 0.167. The van der Waals surface area contributed by atoms with Crippen LogP contribution in [-0.2, 0) is 9.59 Å². The van der Waals surface area contributed by atoms with E-state index in [0.29, 0.717) is 5.69 Å². The number of aromatic hydroxyl groups is 1. The van der Waals surface area contributed by atoms with Crippen LogP contribution in [0, 0.1) is 0 Å². The van der Waals surface area contributed by atoms with Crippen molar-refractivity contribution >= 4 is 40.9 Å². The van der Waals surface area contributed by atoms with E-state index < -0.39 is 11.2 Å². The molecule has 2 amide bonds. The van der Waals surface area contributed by atoms with Crippen LogP contribution in [0.1, 0.15) is 24.2 Å². The number of hydrogen-bond donors (Lipinski definition) is 4. The van der Waals surface area contributed by atoms with E-state index in [4.69, 9.17) is 5.11 Å². The summed E-state index contributed by atoms with van der Waals surface area (Å²) in [5, 5.41) is 23.4. The summed E-state index contributed by atoms with van der Waals surface area (Å²) in [6, 6.07) is 11.0. The zero-order valence-electron chi connectivity index (χ0n) is 14.1. The molecule has 0 aromatic heterocycles. The molecule has 26 heavy (non-hydrogen) atoms. The molecule has 0 aliphatic carbocycles. The highest BCUT2D eigenvalue weighted by Gasteiger charge is 2.17. The summed E-state index contributed by atoms with van der Waals surface area (Å²) in [5.74, 6) is -2.15. The van der Waals surface area contributed by atoms with Crippen molar-refractivity contribution in [3.05, 3.63) is 48.0 Å². The average Bonchev–Trinajstić information content (AvgIpc) is 2.56. The van der Waals surface area contributed by atoms with E-state index in [1.54, 1.807) is 25.1 Å². The third-order valence-corrected chi connectivity index (χ3v) is 4.42. The number of carbonyl (C=O) groups excluding carboxylic acids is 2. The highest BCUT2D eigenvalue weighted by molar-refractivity contribution is 8.00.